The van der Waals surface area contributed by atoms with Gasteiger partial charge in [-0.25, -0.2) is 8.42 Å². The predicted molar refractivity (Wildman–Crippen MR) is 76.2 cm³/mol. The molecule has 104 valence electrons. The number of para-hydroxylation sites is 2. The second-order valence-electron chi connectivity index (χ2n) is 4.76. The fourth-order valence-corrected chi connectivity index (χ4v) is 2.56. The van der Waals surface area contributed by atoms with Crippen LogP contribution in [0.15, 0.2) is 24.3 Å². The van der Waals surface area contributed by atoms with Crippen molar-refractivity contribution in [1.82, 2.24) is 0 Å². The topological polar surface area (TPSA) is 66.5 Å². The van der Waals surface area contributed by atoms with Crippen LogP contribution in [0.2, 0.25) is 0 Å². The zero-order valence-corrected chi connectivity index (χ0v) is 11.9. The van der Waals surface area contributed by atoms with Crippen LogP contribution in [0.1, 0.15) is 13.3 Å². The second-order valence-corrected chi connectivity index (χ2v) is 7.13. The van der Waals surface area contributed by atoms with E-state index in [1.54, 1.807) is 4.90 Å². The van der Waals surface area contributed by atoms with Crippen LogP contribution in [0.4, 0.5) is 11.4 Å². The van der Waals surface area contributed by atoms with Gasteiger partial charge in [0.1, 0.15) is 5.25 Å². The van der Waals surface area contributed by atoms with E-state index in [0.29, 0.717) is 6.54 Å². The SMILES string of the molecule is CC(C(=O)N1CCCNc2ccccc21)S(C)(=O)=O. The smallest absolute Gasteiger partial charge is 0.245 e. The fraction of sp³-hybridized carbons (Fsp3) is 0.462. The molecule has 0 aromatic heterocycles. The van der Waals surface area contributed by atoms with E-state index in [4.69, 9.17) is 0 Å². The first-order valence-electron chi connectivity index (χ1n) is 6.24. The molecular weight excluding hydrogens is 264 g/mol. The van der Waals surface area contributed by atoms with E-state index >= 15 is 0 Å². The molecule has 1 aromatic rings. The number of rotatable bonds is 2. The predicted octanol–water partition coefficient (Wildman–Crippen LogP) is 1.27. The Kier molecular flexibility index (Phi) is 3.80. The van der Waals surface area contributed by atoms with Gasteiger partial charge >= 0.3 is 0 Å². The number of hydrogen-bond donors (Lipinski definition) is 1. The second kappa shape index (κ2) is 5.21. The quantitative estimate of drug-likeness (QED) is 0.887. The van der Waals surface area contributed by atoms with Gasteiger partial charge in [0, 0.05) is 19.3 Å². The standard InChI is InChI=1S/C13H18N2O3S/c1-10(19(2,17)18)13(16)15-9-5-8-14-11-6-3-4-7-12(11)15/h3-4,6-7,10,14H,5,8-9H2,1-2H3. The molecule has 1 N–H and O–H groups in total. The molecule has 5 nitrogen and oxygen atoms in total. The van der Waals surface area contributed by atoms with Crippen LogP contribution in [0, 0.1) is 0 Å². The van der Waals surface area contributed by atoms with Gasteiger partial charge in [-0.05, 0) is 25.5 Å². The average molecular weight is 282 g/mol. The van der Waals surface area contributed by atoms with Crippen molar-refractivity contribution in [2.24, 2.45) is 0 Å². The summed E-state index contributed by atoms with van der Waals surface area (Å²) in [6.07, 6.45) is 1.88. The lowest BCUT2D eigenvalue weighted by Gasteiger charge is -2.24. The van der Waals surface area contributed by atoms with Crippen LogP contribution >= 0.6 is 0 Å². The Labute approximate surface area is 113 Å². The molecule has 1 unspecified atom stereocenters. The van der Waals surface area contributed by atoms with Crippen LogP contribution in [0.5, 0.6) is 0 Å². The van der Waals surface area contributed by atoms with Crippen LogP contribution in [-0.4, -0.2) is 38.9 Å². The molecule has 1 amide bonds. The summed E-state index contributed by atoms with van der Waals surface area (Å²) in [4.78, 5) is 13.9. The van der Waals surface area contributed by atoms with Crippen molar-refractivity contribution in [3.63, 3.8) is 0 Å². The largest absolute Gasteiger partial charge is 0.383 e. The molecule has 2 rings (SSSR count). The molecular formula is C13H18N2O3S. The summed E-state index contributed by atoms with van der Waals surface area (Å²) < 4.78 is 23.1. The molecule has 6 heteroatoms. The third kappa shape index (κ3) is 2.89. The average Bonchev–Trinajstić information content (AvgIpc) is 2.58. The van der Waals surface area contributed by atoms with Crippen LogP contribution in [-0.2, 0) is 14.6 Å². The molecule has 0 aliphatic carbocycles. The minimum Gasteiger partial charge on any atom is -0.383 e. The number of nitrogens with one attached hydrogen (secondary N) is 1. The van der Waals surface area contributed by atoms with E-state index in [1.165, 1.54) is 6.92 Å². The Bertz CT molecular complexity index is 583. The van der Waals surface area contributed by atoms with Crippen LogP contribution in [0.25, 0.3) is 0 Å². The first kappa shape index (κ1) is 13.9. The molecule has 0 bridgehead atoms. The molecule has 1 aliphatic heterocycles. The summed E-state index contributed by atoms with van der Waals surface area (Å²) in [7, 11) is -3.38. The molecule has 0 radical (unpaired) electrons. The van der Waals surface area contributed by atoms with E-state index in [2.05, 4.69) is 5.32 Å². The van der Waals surface area contributed by atoms with Crippen molar-refractivity contribution in [3.05, 3.63) is 24.3 Å². The highest BCUT2D eigenvalue weighted by atomic mass is 32.2. The summed E-state index contributed by atoms with van der Waals surface area (Å²) in [5.41, 5.74) is 1.62. The molecule has 19 heavy (non-hydrogen) atoms. The van der Waals surface area contributed by atoms with Crippen molar-refractivity contribution in [2.45, 2.75) is 18.6 Å². The number of carbonyl (C=O) groups is 1. The normalized spacial score (nSPS) is 17.1. The van der Waals surface area contributed by atoms with Gasteiger partial charge < -0.3 is 10.2 Å². The molecule has 0 fully saturated rings. The zero-order valence-electron chi connectivity index (χ0n) is 11.1. The number of fused-ring (bicyclic) bond motifs is 1. The monoisotopic (exact) mass is 282 g/mol. The van der Waals surface area contributed by atoms with Gasteiger partial charge in [0.2, 0.25) is 5.91 Å². The summed E-state index contributed by atoms with van der Waals surface area (Å²) in [6.45, 7) is 2.75. The summed E-state index contributed by atoms with van der Waals surface area (Å²) in [5, 5.41) is 2.23. The molecule has 1 aromatic carbocycles. The van der Waals surface area contributed by atoms with Gasteiger partial charge in [-0.3, -0.25) is 4.79 Å². The maximum Gasteiger partial charge on any atom is 0.245 e. The molecule has 0 saturated carbocycles. The molecule has 1 heterocycles. The minimum atomic E-state index is -3.38. The zero-order chi connectivity index (χ0) is 14.0. The van der Waals surface area contributed by atoms with Crippen molar-refractivity contribution in [2.75, 3.05) is 29.6 Å². The lowest BCUT2D eigenvalue weighted by Crippen LogP contribution is -2.41. The number of hydrogen-bond acceptors (Lipinski definition) is 4. The fourth-order valence-electron chi connectivity index (χ4n) is 2.07. The lowest BCUT2D eigenvalue weighted by atomic mass is 10.2. The van der Waals surface area contributed by atoms with Crippen molar-refractivity contribution in [1.29, 1.82) is 0 Å². The Morgan fingerprint density at radius 2 is 2.05 bits per heavy atom. The maximum atomic E-state index is 12.4. The summed E-state index contributed by atoms with van der Waals surface area (Å²) >= 11 is 0. The first-order valence-corrected chi connectivity index (χ1v) is 8.20. The number of amides is 1. The number of carbonyl (C=O) groups excluding carboxylic acids is 1. The van der Waals surface area contributed by atoms with Gasteiger partial charge in [0.05, 0.1) is 11.4 Å². The van der Waals surface area contributed by atoms with Crippen LogP contribution < -0.4 is 10.2 Å². The van der Waals surface area contributed by atoms with Crippen molar-refractivity contribution >= 4 is 27.1 Å². The Morgan fingerprint density at radius 3 is 2.74 bits per heavy atom. The Hall–Kier alpha value is -1.56. The van der Waals surface area contributed by atoms with Gasteiger partial charge in [-0.15, -0.1) is 0 Å². The maximum absolute atomic E-state index is 12.4. The van der Waals surface area contributed by atoms with Gasteiger partial charge in [-0.2, -0.15) is 0 Å². The van der Waals surface area contributed by atoms with E-state index in [0.717, 1.165) is 30.6 Å². The summed E-state index contributed by atoms with van der Waals surface area (Å²) in [5.74, 6) is -0.362. The van der Waals surface area contributed by atoms with E-state index < -0.39 is 15.1 Å². The number of benzene rings is 1. The molecule has 1 atom stereocenters. The Balaban J connectivity index is 2.37. The number of nitrogens with zero attached hydrogens (tertiary/aromatic N) is 1. The van der Waals surface area contributed by atoms with Crippen molar-refractivity contribution < 1.29 is 13.2 Å². The highest BCUT2D eigenvalue weighted by Crippen LogP contribution is 2.28. The van der Waals surface area contributed by atoms with Gasteiger partial charge in [0.25, 0.3) is 0 Å². The number of anilines is 2. The third-order valence-corrected chi connectivity index (χ3v) is 4.81. The van der Waals surface area contributed by atoms with Gasteiger partial charge in [-0.1, -0.05) is 12.1 Å². The highest BCUT2D eigenvalue weighted by Gasteiger charge is 2.30. The van der Waals surface area contributed by atoms with Crippen molar-refractivity contribution in [3.8, 4) is 0 Å². The molecule has 0 saturated heterocycles. The first-order chi connectivity index (χ1) is 8.91. The van der Waals surface area contributed by atoms with Crippen LogP contribution in [0.3, 0.4) is 0 Å². The van der Waals surface area contributed by atoms with E-state index in [-0.39, 0.29) is 5.91 Å². The Morgan fingerprint density at radius 1 is 1.37 bits per heavy atom. The summed E-state index contributed by atoms with van der Waals surface area (Å²) in [6, 6.07) is 7.46. The number of sulfone groups is 1. The van der Waals surface area contributed by atoms with E-state index in [1.807, 2.05) is 24.3 Å². The minimum absolute atomic E-state index is 0.362. The lowest BCUT2D eigenvalue weighted by molar-refractivity contribution is -0.117. The highest BCUT2D eigenvalue weighted by molar-refractivity contribution is 7.92. The third-order valence-electron chi connectivity index (χ3n) is 3.32. The van der Waals surface area contributed by atoms with E-state index in [9.17, 15) is 13.2 Å². The molecule has 0 spiro atoms. The van der Waals surface area contributed by atoms with Gasteiger partial charge in [0.15, 0.2) is 9.84 Å². The molecule has 1 aliphatic rings.